The summed E-state index contributed by atoms with van der Waals surface area (Å²) in [6.45, 7) is 4.43. The molecule has 0 radical (unpaired) electrons. The van der Waals surface area contributed by atoms with Crippen molar-refractivity contribution in [2.24, 2.45) is 0 Å². The molecule has 0 saturated carbocycles. The number of aromatic nitrogens is 1. The molecule has 0 bridgehead atoms. The molecule has 1 saturated heterocycles. The van der Waals surface area contributed by atoms with Crippen LogP contribution in [0.4, 0.5) is 15.9 Å². The molecule has 0 atom stereocenters. The lowest BCUT2D eigenvalue weighted by molar-refractivity contribution is 0.102. The minimum absolute atomic E-state index is 0.00726. The fourth-order valence-corrected chi connectivity index (χ4v) is 4.06. The van der Waals surface area contributed by atoms with Crippen molar-refractivity contribution in [1.82, 2.24) is 9.88 Å². The molecule has 1 fully saturated rings. The number of hydrogen-bond donors (Lipinski definition) is 1. The summed E-state index contributed by atoms with van der Waals surface area (Å²) in [6, 6.07) is 15.6. The van der Waals surface area contributed by atoms with Gasteiger partial charge in [0, 0.05) is 38.8 Å². The standard InChI is InChI=1S/C26H29FN4O3/c1-33-21-14-19(15-22(16-21)34-2)18-30-10-5-11-31(13-12-30)25-9-8-20(17-28-25)29-26(32)23-6-3-4-7-24(23)27/h3-4,6-9,14-17H,5,10-13,18H2,1-2H3,(H,29,32). The van der Waals surface area contributed by atoms with Crippen LogP contribution in [-0.4, -0.2) is 56.2 Å². The van der Waals surface area contributed by atoms with Crippen molar-refractivity contribution in [1.29, 1.82) is 0 Å². The van der Waals surface area contributed by atoms with E-state index in [0.29, 0.717) is 5.69 Å². The second kappa shape index (κ2) is 11.0. The van der Waals surface area contributed by atoms with Gasteiger partial charge in [0.25, 0.3) is 5.91 Å². The van der Waals surface area contributed by atoms with Gasteiger partial charge in [-0.2, -0.15) is 0 Å². The zero-order valence-corrected chi connectivity index (χ0v) is 19.5. The van der Waals surface area contributed by atoms with Crippen LogP contribution in [0.2, 0.25) is 0 Å². The van der Waals surface area contributed by atoms with Gasteiger partial charge in [-0.25, -0.2) is 9.37 Å². The lowest BCUT2D eigenvalue weighted by Gasteiger charge is -2.23. The van der Waals surface area contributed by atoms with Crippen LogP contribution < -0.4 is 19.7 Å². The van der Waals surface area contributed by atoms with Gasteiger partial charge in [0.15, 0.2) is 0 Å². The van der Waals surface area contributed by atoms with E-state index in [4.69, 9.17) is 9.47 Å². The van der Waals surface area contributed by atoms with E-state index in [1.54, 1.807) is 38.6 Å². The topological polar surface area (TPSA) is 66.9 Å². The van der Waals surface area contributed by atoms with Crippen LogP contribution in [0, 0.1) is 5.82 Å². The number of nitrogens with zero attached hydrogens (tertiary/aromatic N) is 3. The third kappa shape index (κ3) is 5.82. The summed E-state index contributed by atoms with van der Waals surface area (Å²) < 4.78 is 24.6. The highest BCUT2D eigenvalue weighted by molar-refractivity contribution is 6.04. The Morgan fingerprint density at radius 2 is 1.76 bits per heavy atom. The molecule has 1 aliphatic rings. The molecule has 0 unspecified atom stereocenters. The fraction of sp³-hybridized carbons (Fsp3) is 0.308. The number of halogens is 1. The predicted octanol–water partition coefficient (Wildman–Crippen LogP) is 4.20. The second-order valence-electron chi connectivity index (χ2n) is 8.18. The number of methoxy groups -OCH3 is 2. The van der Waals surface area contributed by atoms with Crippen molar-refractivity contribution < 1.29 is 18.7 Å². The summed E-state index contributed by atoms with van der Waals surface area (Å²) in [6.07, 6.45) is 2.62. The maximum atomic E-state index is 13.8. The Morgan fingerprint density at radius 1 is 1.00 bits per heavy atom. The van der Waals surface area contributed by atoms with Gasteiger partial charge < -0.3 is 19.7 Å². The Kier molecular flexibility index (Phi) is 7.59. The maximum absolute atomic E-state index is 13.8. The van der Waals surface area contributed by atoms with Gasteiger partial charge >= 0.3 is 0 Å². The van der Waals surface area contributed by atoms with Gasteiger partial charge in [0.2, 0.25) is 0 Å². The van der Waals surface area contributed by atoms with E-state index in [-0.39, 0.29) is 5.56 Å². The number of anilines is 2. The molecule has 2 heterocycles. The number of ether oxygens (including phenoxy) is 2. The first-order chi connectivity index (χ1) is 16.6. The molecular formula is C26H29FN4O3. The number of hydrogen-bond acceptors (Lipinski definition) is 6. The molecule has 34 heavy (non-hydrogen) atoms. The number of carbonyl (C=O) groups is 1. The summed E-state index contributed by atoms with van der Waals surface area (Å²) >= 11 is 0. The molecular weight excluding hydrogens is 435 g/mol. The summed E-state index contributed by atoms with van der Waals surface area (Å²) in [5.74, 6) is 1.39. The first-order valence-corrected chi connectivity index (χ1v) is 11.3. The van der Waals surface area contributed by atoms with Crippen molar-refractivity contribution in [3.8, 4) is 11.5 Å². The predicted molar refractivity (Wildman–Crippen MR) is 130 cm³/mol. The molecule has 0 aliphatic carbocycles. The van der Waals surface area contributed by atoms with Gasteiger partial charge in [-0.1, -0.05) is 12.1 Å². The molecule has 1 aliphatic heterocycles. The monoisotopic (exact) mass is 464 g/mol. The molecule has 2 aromatic carbocycles. The summed E-state index contributed by atoms with van der Waals surface area (Å²) in [4.78, 5) is 21.5. The second-order valence-corrected chi connectivity index (χ2v) is 8.18. The fourth-order valence-electron chi connectivity index (χ4n) is 4.06. The molecule has 7 nitrogen and oxygen atoms in total. The number of rotatable bonds is 7. The van der Waals surface area contributed by atoms with Crippen molar-refractivity contribution in [2.75, 3.05) is 50.6 Å². The van der Waals surface area contributed by atoms with Gasteiger partial charge in [-0.15, -0.1) is 0 Å². The van der Waals surface area contributed by atoms with Crippen LogP contribution in [0.5, 0.6) is 11.5 Å². The molecule has 1 aromatic heterocycles. The van der Waals surface area contributed by atoms with E-state index in [9.17, 15) is 9.18 Å². The number of carbonyl (C=O) groups excluding carboxylic acids is 1. The smallest absolute Gasteiger partial charge is 0.258 e. The van der Waals surface area contributed by atoms with Gasteiger partial charge in [-0.05, 0) is 48.4 Å². The SMILES string of the molecule is COc1cc(CN2CCCN(c3ccc(NC(=O)c4ccccc4F)cn3)CC2)cc(OC)c1. The Labute approximate surface area is 199 Å². The lowest BCUT2D eigenvalue weighted by atomic mass is 10.2. The van der Waals surface area contributed by atoms with Gasteiger partial charge in [-0.3, -0.25) is 9.69 Å². The highest BCUT2D eigenvalue weighted by Crippen LogP contribution is 2.24. The van der Waals surface area contributed by atoms with E-state index in [0.717, 1.165) is 62.0 Å². The molecule has 4 rings (SSSR count). The summed E-state index contributed by atoms with van der Waals surface area (Å²) in [5.41, 5.74) is 1.69. The molecule has 1 amide bonds. The first kappa shape index (κ1) is 23.5. The number of nitrogens with one attached hydrogen (secondary N) is 1. The van der Waals surface area contributed by atoms with E-state index in [1.807, 2.05) is 24.3 Å². The van der Waals surface area contributed by atoms with Crippen molar-refractivity contribution in [3.05, 3.63) is 77.7 Å². The minimum Gasteiger partial charge on any atom is -0.497 e. The molecule has 178 valence electrons. The third-order valence-corrected chi connectivity index (χ3v) is 5.85. The van der Waals surface area contributed by atoms with E-state index < -0.39 is 11.7 Å². The highest BCUT2D eigenvalue weighted by atomic mass is 19.1. The third-order valence-electron chi connectivity index (χ3n) is 5.85. The molecule has 0 spiro atoms. The largest absolute Gasteiger partial charge is 0.497 e. The number of pyridine rings is 1. The quantitative estimate of drug-likeness (QED) is 0.565. The zero-order chi connectivity index (χ0) is 23.9. The maximum Gasteiger partial charge on any atom is 0.258 e. The minimum atomic E-state index is -0.550. The van der Waals surface area contributed by atoms with Gasteiger partial charge in [0.1, 0.15) is 23.1 Å². The number of benzene rings is 2. The Hall–Kier alpha value is -3.65. The normalized spacial score (nSPS) is 14.4. The number of amides is 1. The Balaban J connectivity index is 1.35. The summed E-state index contributed by atoms with van der Waals surface area (Å²) in [7, 11) is 3.32. The molecule has 1 N–H and O–H groups in total. The van der Waals surface area contributed by atoms with Crippen LogP contribution in [0.15, 0.2) is 60.8 Å². The van der Waals surface area contributed by atoms with Crippen LogP contribution >= 0.6 is 0 Å². The van der Waals surface area contributed by atoms with E-state index in [2.05, 4.69) is 20.1 Å². The van der Waals surface area contributed by atoms with Crippen LogP contribution in [0.25, 0.3) is 0 Å². The van der Waals surface area contributed by atoms with Crippen molar-refractivity contribution in [2.45, 2.75) is 13.0 Å². The Bertz CT molecular complexity index is 1100. The van der Waals surface area contributed by atoms with Gasteiger partial charge in [0.05, 0.1) is 31.7 Å². The van der Waals surface area contributed by atoms with Crippen LogP contribution in [-0.2, 0) is 6.54 Å². The summed E-state index contributed by atoms with van der Waals surface area (Å²) in [5, 5.41) is 2.71. The van der Waals surface area contributed by atoms with Crippen molar-refractivity contribution >= 4 is 17.4 Å². The van der Waals surface area contributed by atoms with Crippen LogP contribution in [0.3, 0.4) is 0 Å². The van der Waals surface area contributed by atoms with E-state index in [1.165, 1.54) is 12.1 Å². The first-order valence-electron chi connectivity index (χ1n) is 11.3. The van der Waals surface area contributed by atoms with E-state index >= 15 is 0 Å². The average Bonchev–Trinajstić information content (AvgIpc) is 3.10. The highest BCUT2D eigenvalue weighted by Gasteiger charge is 2.17. The molecule has 8 heteroatoms. The van der Waals surface area contributed by atoms with Crippen molar-refractivity contribution in [3.63, 3.8) is 0 Å². The Morgan fingerprint density at radius 3 is 2.44 bits per heavy atom. The zero-order valence-electron chi connectivity index (χ0n) is 19.5. The molecule has 3 aromatic rings. The van der Waals surface area contributed by atoms with Crippen LogP contribution in [0.1, 0.15) is 22.3 Å². The average molecular weight is 465 g/mol. The lowest BCUT2D eigenvalue weighted by Crippen LogP contribution is -2.31.